The fourth-order valence-corrected chi connectivity index (χ4v) is 4.50. The van der Waals surface area contributed by atoms with Gasteiger partial charge in [-0.3, -0.25) is 0 Å². The van der Waals surface area contributed by atoms with Gasteiger partial charge in [-0.25, -0.2) is 0 Å². The van der Waals surface area contributed by atoms with Crippen molar-refractivity contribution < 1.29 is 0 Å². The third-order valence-electron chi connectivity index (χ3n) is 3.85. The highest BCUT2D eigenvalue weighted by Gasteiger charge is 2.38. The van der Waals surface area contributed by atoms with Crippen molar-refractivity contribution in [3.05, 3.63) is 27.7 Å². The number of hydrogen-bond acceptors (Lipinski definition) is 1. The van der Waals surface area contributed by atoms with Gasteiger partial charge in [0, 0.05) is 10.5 Å². The zero-order valence-electron chi connectivity index (χ0n) is 12.2. The summed E-state index contributed by atoms with van der Waals surface area (Å²) in [6.07, 6.45) is 3.68. The molecular weight excluding hydrogens is 322 g/mol. The Morgan fingerprint density at radius 3 is 2.26 bits per heavy atom. The number of nitrogens with one attached hydrogen (secondary N) is 1. The van der Waals surface area contributed by atoms with Crippen LogP contribution in [0.15, 0.2) is 22.7 Å². The largest absolute Gasteiger partial charge is 0.381 e. The van der Waals surface area contributed by atoms with Gasteiger partial charge in [0.15, 0.2) is 0 Å². The summed E-state index contributed by atoms with van der Waals surface area (Å²) in [5.74, 6) is 0. The Labute approximate surface area is 130 Å². The molecule has 1 aromatic carbocycles. The van der Waals surface area contributed by atoms with Gasteiger partial charge >= 0.3 is 0 Å². The molecule has 1 fully saturated rings. The molecule has 19 heavy (non-hydrogen) atoms. The minimum atomic E-state index is 0.390. The first kappa shape index (κ1) is 15.2. The van der Waals surface area contributed by atoms with E-state index in [9.17, 15) is 0 Å². The highest BCUT2D eigenvalue weighted by atomic mass is 79.9. The molecule has 0 spiro atoms. The molecule has 1 aliphatic rings. The lowest BCUT2D eigenvalue weighted by atomic mass is 9.63. The zero-order valence-corrected chi connectivity index (χ0v) is 14.5. The van der Waals surface area contributed by atoms with Gasteiger partial charge in [0.2, 0.25) is 0 Å². The lowest BCUT2D eigenvalue weighted by molar-refractivity contribution is 0.105. The highest BCUT2D eigenvalue weighted by Crippen LogP contribution is 2.46. The van der Waals surface area contributed by atoms with Gasteiger partial charge in [0.1, 0.15) is 0 Å². The van der Waals surface area contributed by atoms with Crippen molar-refractivity contribution in [1.82, 2.24) is 0 Å². The number of anilines is 1. The van der Waals surface area contributed by atoms with E-state index in [1.807, 2.05) is 12.1 Å². The molecule has 0 bridgehead atoms. The summed E-state index contributed by atoms with van der Waals surface area (Å²) in [4.78, 5) is 0. The molecule has 0 radical (unpaired) electrons. The smallest absolute Gasteiger partial charge is 0.0648 e. The number of hydrogen-bond donors (Lipinski definition) is 1. The van der Waals surface area contributed by atoms with Crippen LogP contribution >= 0.6 is 27.5 Å². The molecule has 0 amide bonds. The van der Waals surface area contributed by atoms with Gasteiger partial charge in [-0.2, -0.15) is 0 Å². The van der Waals surface area contributed by atoms with Gasteiger partial charge in [-0.1, -0.05) is 55.2 Å². The summed E-state index contributed by atoms with van der Waals surface area (Å²) in [6.45, 7) is 9.47. The van der Waals surface area contributed by atoms with Crippen LogP contribution in [0.1, 0.15) is 47.0 Å². The molecule has 0 aromatic heterocycles. The van der Waals surface area contributed by atoms with E-state index in [2.05, 4.69) is 55.0 Å². The molecule has 106 valence electrons. The summed E-state index contributed by atoms with van der Waals surface area (Å²) in [6, 6.07) is 6.54. The van der Waals surface area contributed by atoms with E-state index >= 15 is 0 Å². The number of benzene rings is 1. The first-order valence-corrected chi connectivity index (χ1v) is 8.06. The van der Waals surface area contributed by atoms with E-state index < -0.39 is 0 Å². The maximum Gasteiger partial charge on any atom is 0.0648 e. The molecule has 1 aliphatic carbocycles. The fraction of sp³-hybridized carbons (Fsp3) is 0.625. The Bertz CT molecular complexity index is 452. The van der Waals surface area contributed by atoms with E-state index in [4.69, 9.17) is 11.6 Å². The molecular formula is C16H23BrClN. The van der Waals surface area contributed by atoms with E-state index in [0.29, 0.717) is 16.9 Å². The van der Waals surface area contributed by atoms with Crippen LogP contribution in [0, 0.1) is 10.8 Å². The van der Waals surface area contributed by atoms with Crippen LogP contribution in [0.2, 0.25) is 5.02 Å². The first-order valence-electron chi connectivity index (χ1n) is 6.89. The van der Waals surface area contributed by atoms with Gasteiger partial charge in [0.05, 0.1) is 10.7 Å². The predicted molar refractivity (Wildman–Crippen MR) is 88.0 cm³/mol. The SMILES string of the molecule is CC1(C)CC(Nc2ccc(Br)cc2Cl)CC(C)(C)C1. The fourth-order valence-electron chi connectivity index (χ4n) is 3.77. The van der Waals surface area contributed by atoms with Gasteiger partial charge in [-0.05, 0) is 48.3 Å². The third kappa shape index (κ3) is 4.13. The molecule has 0 heterocycles. The average molecular weight is 345 g/mol. The van der Waals surface area contributed by atoms with Crippen molar-refractivity contribution in [2.45, 2.75) is 53.0 Å². The van der Waals surface area contributed by atoms with E-state index in [-0.39, 0.29) is 0 Å². The Hall–Kier alpha value is -0.210. The van der Waals surface area contributed by atoms with Crippen LogP contribution in [0.25, 0.3) is 0 Å². The Morgan fingerprint density at radius 2 is 1.74 bits per heavy atom. The highest BCUT2D eigenvalue weighted by molar-refractivity contribution is 9.10. The Balaban J connectivity index is 2.14. The lowest BCUT2D eigenvalue weighted by Gasteiger charge is -2.45. The van der Waals surface area contributed by atoms with Crippen molar-refractivity contribution >= 4 is 33.2 Å². The maximum atomic E-state index is 6.30. The first-order chi connectivity index (χ1) is 8.67. The maximum absolute atomic E-state index is 6.30. The molecule has 3 heteroatoms. The molecule has 0 aliphatic heterocycles. The molecule has 0 atom stereocenters. The normalized spacial score (nSPS) is 22.2. The molecule has 1 N–H and O–H groups in total. The Morgan fingerprint density at radius 1 is 1.16 bits per heavy atom. The minimum absolute atomic E-state index is 0.390. The lowest BCUT2D eigenvalue weighted by Crippen LogP contribution is -2.40. The molecule has 1 saturated carbocycles. The van der Waals surface area contributed by atoms with Crippen molar-refractivity contribution in [1.29, 1.82) is 0 Å². The summed E-state index contributed by atoms with van der Waals surface area (Å²) in [5.41, 5.74) is 1.83. The molecule has 1 nitrogen and oxygen atoms in total. The van der Waals surface area contributed by atoms with Gasteiger partial charge in [0.25, 0.3) is 0 Å². The van der Waals surface area contributed by atoms with Crippen LogP contribution in [0.3, 0.4) is 0 Å². The third-order valence-corrected chi connectivity index (χ3v) is 4.65. The predicted octanol–water partition coefficient (Wildman–Crippen LogP) is 6.12. The summed E-state index contributed by atoms with van der Waals surface area (Å²) < 4.78 is 1.02. The van der Waals surface area contributed by atoms with Crippen molar-refractivity contribution in [2.24, 2.45) is 10.8 Å². The van der Waals surface area contributed by atoms with E-state index in [0.717, 1.165) is 15.2 Å². The number of halogens is 2. The second-order valence-electron chi connectivity index (χ2n) is 7.38. The summed E-state index contributed by atoms with van der Waals surface area (Å²) in [7, 11) is 0. The summed E-state index contributed by atoms with van der Waals surface area (Å²) >= 11 is 9.74. The van der Waals surface area contributed by atoms with E-state index in [1.165, 1.54) is 19.3 Å². The van der Waals surface area contributed by atoms with Crippen molar-refractivity contribution in [3.8, 4) is 0 Å². The molecule has 0 saturated heterocycles. The minimum Gasteiger partial charge on any atom is -0.381 e. The second-order valence-corrected chi connectivity index (χ2v) is 8.70. The second kappa shape index (κ2) is 5.29. The van der Waals surface area contributed by atoms with E-state index in [1.54, 1.807) is 0 Å². The molecule has 1 aromatic rings. The molecule has 0 unspecified atom stereocenters. The quantitative estimate of drug-likeness (QED) is 0.681. The van der Waals surface area contributed by atoms with Crippen LogP contribution in [-0.4, -0.2) is 6.04 Å². The van der Waals surface area contributed by atoms with Crippen molar-refractivity contribution in [3.63, 3.8) is 0 Å². The number of rotatable bonds is 2. The van der Waals surface area contributed by atoms with Crippen LogP contribution in [0.4, 0.5) is 5.69 Å². The topological polar surface area (TPSA) is 12.0 Å². The van der Waals surface area contributed by atoms with Crippen LogP contribution in [0.5, 0.6) is 0 Å². The van der Waals surface area contributed by atoms with Crippen LogP contribution < -0.4 is 5.32 Å². The zero-order chi connectivity index (χ0) is 14.3. The standard InChI is InChI=1S/C16H23BrClN/c1-15(2)8-12(9-16(3,4)10-15)19-14-6-5-11(17)7-13(14)18/h5-7,12,19H,8-10H2,1-4H3. The Kier molecular flexibility index (Phi) is 4.23. The summed E-state index contributed by atoms with van der Waals surface area (Å²) in [5, 5.41) is 4.42. The molecule has 2 rings (SSSR count). The van der Waals surface area contributed by atoms with Crippen molar-refractivity contribution in [2.75, 3.05) is 5.32 Å². The van der Waals surface area contributed by atoms with Gasteiger partial charge in [-0.15, -0.1) is 0 Å². The monoisotopic (exact) mass is 343 g/mol. The van der Waals surface area contributed by atoms with Gasteiger partial charge < -0.3 is 5.32 Å². The average Bonchev–Trinajstić information content (AvgIpc) is 2.17. The van der Waals surface area contributed by atoms with Crippen LogP contribution in [-0.2, 0) is 0 Å².